The molecule has 0 saturated heterocycles. The average Bonchev–Trinajstić information content (AvgIpc) is 3.26. The van der Waals surface area contributed by atoms with Crippen molar-refractivity contribution >= 4 is 28.2 Å². The van der Waals surface area contributed by atoms with Gasteiger partial charge in [0.2, 0.25) is 11.8 Å². The van der Waals surface area contributed by atoms with Crippen LogP contribution in [0.15, 0.2) is 53.4 Å². The number of ether oxygens (including phenoxy) is 1. The van der Waals surface area contributed by atoms with Crippen molar-refractivity contribution in [3.05, 3.63) is 59.7 Å². The lowest BCUT2D eigenvalue weighted by Crippen LogP contribution is -2.22. The van der Waals surface area contributed by atoms with E-state index in [9.17, 15) is 28.0 Å². The van der Waals surface area contributed by atoms with Crippen molar-refractivity contribution in [3.8, 4) is 22.9 Å². The largest absolute Gasteiger partial charge is 0.534 e. The average molecular weight is 473 g/mol. The van der Waals surface area contributed by atoms with E-state index in [0.29, 0.717) is 28.1 Å². The van der Waals surface area contributed by atoms with Crippen LogP contribution in [0.3, 0.4) is 0 Å². The maximum absolute atomic E-state index is 12.2. The van der Waals surface area contributed by atoms with E-state index in [2.05, 4.69) is 5.32 Å². The number of benzene rings is 2. The Labute approximate surface area is 188 Å². The topological polar surface area (TPSA) is 171 Å². The van der Waals surface area contributed by atoms with Crippen molar-refractivity contribution in [3.63, 3.8) is 0 Å². The fraction of sp³-hybridized carbons (Fsp3) is 0.143. The Hall–Kier alpha value is -4.03. The molecule has 4 rings (SSSR count). The minimum absolute atomic E-state index is 0.259. The number of anilines is 1. The third-order valence-corrected chi connectivity index (χ3v) is 6.00. The van der Waals surface area contributed by atoms with Gasteiger partial charge in [-0.05, 0) is 46.5 Å². The Kier molecular flexibility index (Phi) is 5.70. The molecule has 0 saturated carbocycles. The summed E-state index contributed by atoms with van der Waals surface area (Å²) in [5.41, 5.74) is 3.44. The Bertz CT molecular complexity index is 1330. The monoisotopic (exact) mass is 473 g/mol. The van der Waals surface area contributed by atoms with Crippen LogP contribution in [0.4, 0.5) is 10.5 Å². The minimum atomic E-state index is -4.46. The van der Waals surface area contributed by atoms with Crippen molar-refractivity contribution in [1.82, 2.24) is 4.73 Å². The number of rotatable bonds is 7. The van der Waals surface area contributed by atoms with Crippen LogP contribution in [-0.2, 0) is 14.9 Å². The number of nitrogens with one attached hydrogen (secondary N) is 2. The summed E-state index contributed by atoms with van der Waals surface area (Å²) in [6.07, 6.45) is -0.0147. The van der Waals surface area contributed by atoms with Gasteiger partial charge in [0.15, 0.2) is 0 Å². The summed E-state index contributed by atoms with van der Waals surface area (Å²) in [6.45, 7) is 0.0422. The van der Waals surface area contributed by atoms with E-state index in [0.717, 1.165) is 23.3 Å². The summed E-state index contributed by atoms with van der Waals surface area (Å²) in [6, 6.07) is 11.8. The van der Waals surface area contributed by atoms with Crippen molar-refractivity contribution in [2.75, 3.05) is 18.5 Å². The summed E-state index contributed by atoms with van der Waals surface area (Å²) in [7, 11) is -4.46. The highest BCUT2D eigenvalue weighted by atomic mass is 32.2. The molecule has 12 heteroatoms. The van der Waals surface area contributed by atoms with Crippen LogP contribution >= 0.6 is 0 Å². The normalized spacial score (nSPS) is 14.3. The fourth-order valence-corrected chi connectivity index (χ4v) is 4.22. The quantitative estimate of drug-likeness (QED) is 0.196. The SMILES string of the molecule is N=CCNc1ccc2c(c1)C(COC(=O)On1c(O)ccc1O)c1cc(S(=O)(=O)O)ccc1-2. The van der Waals surface area contributed by atoms with Gasteiger partial charge in [-0.15, -0.1) is 4.73 Å². The van der Waals surface area contributed by atoms with Gasteiger partial charge in [0.05, 0.1) is 4.90 Å². The third-order valence-electron chi connectivity index (χ3n) is 5.15. The molecule has 0 aliphatic heterocycles. The molecule has 1 aliphatic carbocycles. The van der Waals surface area contributed by atoms with Crippen LogP contribution in [0, 0.1) is 5.41 Å². The third kappa shape index (κ3) is 4.33. The molecule has 0 bridgehead atoms. The van der Waals surface area contributed by atoms with Gasteiger partial charge in [-0.3, -0.25) is 9.39 Å². The number of nitrogens with zero attached hydrogens (tertiary/aromatic N) is 1. The molecule has 1 aliphatic rings. The van der Waals surface area contributed by atoms with Gasteiger partial charge in [0, 0.05) is 36.5 Å². The predicted molar refractivity (Wildman–Crippen MR) is 116 cm³/mol. The van der Waals surface area contributed by atoms with Gasteiger partial charge in [-0.2, -0.15) is 8.42 Å². The van der Waals surface area contributed by atoms with Gasteiger partial charge in [-0.25, -0.2) is 4.79 Å². The second kappa shape index (κ2) is 8.48. The van der Waals surface area contributed by atoms with Crippen molar-refractivity contribution < 1.29 is 37.6 Å². The van der Waals surface area contributed by atoms with Crippen LogP contribution in [0.5, 0.6) is 11.8 Å². The molecular weight excluding hydrogens is 454 g/mol. The zero-order valence-electron chi connectivity index (χ0n) is 16.9. The van der Waals surface area contributed by atoms with E-state index in [1.807, 2.05) is 6.07 Å². The first-order valence-electron chi connectivity index (χ1n) is 9.62. The second-order valence-corrected chi connectivity index (χ2v) is 8.58. The van der Waals surface area contributed by atoms with E-state index < -0.39 is 34.0 Å². The summed E-state index contributed by atoms with van der Waals surface area (Å²) >= 11 is 0. The first kappa shape index (κ1) is 22.2. The van der Waals surface area contributed by atoms with E-state index in [1.54, 1.807) is 18.2 Å². The zero-order chi connectivity index (χ0) is 23.8. The molecule has 33 heavy (non-hydrogen) atoms. The number of aromatic nitrogens is 1. The van der Waals surface area contributed by atoms with Gasteiger partial charge in [0.1, 0.15) is 6.61 Å². The maximum atomic E-state index is 12.2. The van der Waals surface area contributed by atoms with Crippen molar-refractivity contribution in [2.45, 2.75) is 10.8 Å². The van der Waals surface area contributed by atoms with Crippen LogP contribution in [0.1, 0.15) is 17.0 Å². The van der Waals surface area contributed by atoms with Crippen LogP contribution in [0.2, 0.25) is 0 Å². The molecule has 1 unspecified atom stereocenters. The molecule has 1 aromatic heterocycles. The number of carbonyl (C=O) groups is 1. The molecule has 0 radical (unpaired) electrons. The van der Waals surface area contributed by atoms with Crippen LogP contribution < -0.4 is 10.2 Å². The first-order chi connectivity index (χ1) is 15.7. The standard InChI is InChI=1S/C21H19N3O8S/c22-7-8-23-12-1-3-14-15-4-2-13(33(28,29)30)10-17(15)18(16(14)9-12)11-31-21(27)32-24-19(25)5-6-20(24)26/h1-7,9-10,18,22-23,25-26H,8,11H2,(H,28,29,30). The number of aromatic hydroxyl groups is 2. The first-order valence-corrected chi connectivity index (χ1v) is 11.1. The fourth-order valence-electron chi connectivity index (χ4n) is 3.70. The Balaban J connectivity index is 1.65. The Morgan fingerprint density at radius 2 is 1.70 bits per heavy atom. The summed E-state index contributed by atoms with van der Waals surface area (Å²) in [5.74, 6) is -1.63. The summed E-state index contributed by atoms with van der Waals surface area (Å²) in [4.78, 5) is 16.7. The van der Waals surface area contributed by atoms with Crippen molar-refractivity contribution in [2.24, 2.45) is 0 Å². The molecule has 0 spiro atoms. The van der Waals surface area contributed by atoms with E-state index >= 15 is 0 Å². The molecule has 2 aromatic carbocycles. The lowest BCUT2D eigenvalue weighted by Gasteiger charge is -2.15. The highest BCUT2D eigenvalue weighted by Crippen LogP contribution is 2.46. The van der Waals surface area contributed by atoms with E-state index in [-0.39, 0.29) is 11.5 Å². The lowest BCUT2D eigenvalue weighted by atomic mass is 9.97. The molecule has 11 nitrogen and oxygen atoms in total. The summed E-state index contributed by atoms with van der Waals surface area (Å²) in [5, 5.41) is 29.4. The molecule has 0 amide bonds. The highest BCUT2D eigenvalue weighted by Gasteiger charge is 2.32. The molecule has 1 heterocycles. The van der Waals surface area contributed by atoms with Crippen LogP contribution in [-0.4, -0.2) is 53.4 Å². The number of hydrogen-bond acceptors (Lipinski definition) is 9. The highest BCUT2D eigenvalue weighted by molar-refractivity contribution is 7.85. The molecule has 1 atom stereocenters. The Morgan fingerprint density at radius 3 is 2.33 bits per heavy atom. The molecule has 172 valence electrons. The van der Waals surface area contributed by atoms with Gasteiger partial charge in [-0.1, -0.05) is 12.1 Å². The number of fused-ring (bicyclic) bond motifs is 3. The smallest absolute Gasteiger partial charge is 0.492 e. The second-order valence-electron chi connectivity index (χ2n) is 7.16. The van der Waals surface area contributed by atoms with Gasteiger partial charge in [0.25, 0.3) is 10.1 Å². The van der Waals surface area contributed by atoms with Crippen LogP contribution in [0.25, 0.3) is 11.1 Å². The number of carbonyl (C=O) groups excluding carboxylic acids is 1. The minimum Gasteiger partial charge on any atom is -0.492 e. The molecule has 3 aromatic rings. The predicted octanol–water partition coefficient (Wildman–Crippen LogP) is 2.59. The summed E-state index contributed by atoms with van der Waals surface area (Å²) < 4.78 is 38.5. The maximum Gasteiger partial charge on any atom is 0.534 e. The molecular formula is C21H19N3O8S. The zero-order valence-corrected chi connectivity index (χ0v) is 17.7. The van der Waals surface area contributed by atoms with E-state index in [4.69, 9.17) is 15.0 Å². The lowest BCUT2D eigenvalue weighted by molar-refractivity contribution is 0.0341. The van der Waals surface area contributed by atoms with Gasteiger partial charge < -0.3 is 25.7 Å². The number of hydrogen-bond donors (Lipinski definition) is 5. The molecule has 0 fully saturated rings. The van der Waals surface area contributed by atoms with Gasteiger partial charge >= 0.3 is 6.16 Å². The Morgan fingerprint density at radius 1 is 1.06 bits per heavy atom. The molecule has 5 N–H and O–H groups in total. The van der Waals surface area contributed by atoms with E-state index in [1.165, 1.54) is 18.3 Å². The van der Waals surface area contributed by atoms with Crippen molar-refractivity contribution in [1.29, 1.82) is 5.41 Å².